The van der Waals surface area contributed by atoms with Crippen LogP contribution in [0.15, 0.2) is 54.6 Å². The van der Waals surface area contributed by atoms with Crippen LogP contribution in [0.1, 0.15) is 31.4 Å². The van der Waals surface area contributed by atoms with Crippen LogP contribution in [0.3, 0.4) is 0 Å². The van der Waals surface area contributed by atoms with Gasteiger partial charge in [-0.05, 0) is 36.6 Å². The van der Waals surface area contributed by atoms with E-state index >= 15 is 0 Å². The summed E-state index contributed by atoms with van der Waals surface area (Å²) < 4.78 is 11.3. The molecule has 2 aromatic carbocycles. The highest BCUT2D eigenvalue weighted by atomic mass is 16.5. The number of benzene rings is 2. The van der Waals surface area contributed by atoms with Gasteiger partial charge in [-0.3, -0.25) is 0 Å². The summed E-state index contributed by atoms with van der Waals surface area (Å²) in [5.41, 5.74) is 0.856. The Hall–Kier alpha value is -2.33. The lowest BCUT2D eigenvalue weighted by Crippen LogP contribution is -2.43. The maximum Gasteiger partial charge on any atom is 0.336 e. The fraction of sp³-hybridized carbons (Fsp3) is 0.350. The van der Waals surface area contributed by atoms with E-state index in [1.165, 1.54) is 0 Å². The van der Waals surface area contributed by atoms with Crippen LogP contribution in [0.2, 0.25) is 0 Å². The largest absolute Gasteiger partial charge is 0.489 e. The van der Waals surface area contributed by atoms with Crippen LogP contribution in [-0.2, 0) is 22.6 Å². The molecule has 2 aromatic rings. The monoisotopic (exact) mass is 328 g/mol. The third-order valence-corrected chi connectivity index (χ3v) is 4.04. The number of ether oxygens (including phenoxy) is 2. The topological polar surface area (TPSA) is 55.8 Å². The highest BCUT2D eigenvalue weighted by molar-refractivity contribution is 5.78. The van der Waals surface area contributed by atoms with E-state index in [-0.39, 0.29) is 0 Å². The number of carbonyl (C=O) groups is 1. The zero-order valence-electron chi connectivity index (χ0n) is 14.2. The summed E-state index contributed by atoms with van der Waals surface area (Å²) in [6, 6.07) is 17.5. The first-order valence-electron chi connectivity index (χ1n) is 8.22. The van der Waals surface area contributed by atoms with E-state index in [1.807, 2.05) is 68.4 Å². The van der Waals surface area contributed by atoms with Gasteiger partial charge in [-0.15, -0.1) is 0 Å². The van der Waals surface area contributed by atoms with Crippen molar-refractivity contribution in [2.24, 2.45) is 0 Å². The van der Waals surface area contributed by atoms with Gasteiger partial charge in [-0.1, -0.05) is 49.4 Å². The zero-order valence-corrected chi connectivity index (χ0v) is 14.2. The average Bonchev–Trinajstić information content (AvgIpc) is 2.61. The summed E-state index contributed by atoms with van der Waals surface area (Å²) in [5, 5.41) is 9.53. The van der Waals surface area contributed by atoms with Gasteiger partial charge >= 0.3 is 5.97 Å². The standard InChI is InChI=1S/C20H24O4/c1-3-20(19(21)22,24-4-2)14-16-10-12-18(13-11-16)23-15-17-8-6-5-7-9-17/h5-13H,3-4,14-15H2,1-2H3,(H,21,22)/t20-/m1/s1. The molecule has 1 N–H and O–H groups in total. The maximum absolute atomic E-state index is 11.6. The summed E-state index contributed by atoms with van der Waals surface area (Å²) in [7, 11) is 0. The van der Waals surface area contributed by atoms with Crippen LogP contribution in [-0.4, -0.2) is 23.3 Å². The van der Waals surface area contributed by atoms with Gasteiger partial charge in [-0.2, -0.15) is 0 Å². The van der Waals surface area contributed by atoms with E-state index in [9.17, 15) is 9.90 Å². The highest BCUT2D eigenvalue weighted by Gasteiger charge is 2.37. The molecule has 0 saturated heterocycles. The lowest BCUT2D eigenvalue weighted by atomic mass is 9.91. The summed E-state index contributed by atoms with van der Waals surface area (Å²) >= 11 is 0. The van der Waals surface area contributed by atoms with Crippen LogP contribution < -0.4 is 4.74 Å². The molecule has 0 radical (unpaired) electrons. The fourth-order valence-electron chi connectivity index (χ4n) is 2.62. The number of carboxylic acids is 1. The van der Waals surface area contributed by atoms with Crippen molar-refractivity contribution in [1.82, 2.24) is 0 Å². The van der Waals surface area contributed by atoms with E-state index < -0.39 is 11.6 Å². The van der Waals surface area contributed by atoms with E-state index in [4.69, 9.17) is 9.47 Å². The molecular weight excluding hydrogens is 304 g/mol. The van der Waals surface area contributed by atoms with E-state index in [1.54, 1.807) is 0 Å². The molecule has 0 amide bonds. The first-order valence-corrected chi connectivity index (χ1v) is 8.22. The minimum Gasteiger partial charge on any atom is -0.489 e. The smallest absolute Gasteiger partial charge is 0.336 e. The van der Waals surface area contributed by atoms with Crippen LogP contribution >= 0.6 is 0 Å². The van der Waals surface area contributed by atoms with Gasteiger partial charge in [0.15, 0.2) is 5.60 Å². The summed E-state index contributed by atoms with van der Waals surface area (Å²) in [6.07, 6.45) is 0.758. The molecule has 128 valence electrons. The van der Waals surface area contributed by atoms with Gasteiger partial charge in [0.25, 0.3) is 0 Å². The van der Waals surface area contributed by atoms with Crippen molar-refractivity contribution < 1.29 is 19.4 Å². The molecule has 0 aliphatic carbocycles. The predicted molar refractivity (Wildman–Crippen MR) is 93.2 cm³/mol. The zero-order chi connectivity index (χ0) is 17.4. The molecule has 1 atom stereocenters. The summed E-state index contributed by atoms with van der Waals surface area (Å²) in [4.78, 5) is 11.6. The molecule has 0 heterocycles. The number of carboxylic acid groups (broad SMARTS) is 1. The molecule has 0 bridgehead atoms. The minimum atomic E-state index is -1.17. The molecule has 4 heteroatoms. The predicted octanol–water partition coefficient (Wildman–Crippen LogP) is 4.08. The van der Waals surface area contributed by atoms with Crippen molar-refractivity contribution in [1.29, 1.82) is 0 Å². The van der Waals surface area contributed by atoms with Crippen LogP contribution in [0, 0.1) is 0 Å². The Morgan fingerprint density at radius 3 is 2.21 bits per heavy atom. The van der Waals surface area contributed by atoms with Crippen molar-refractivity contribution in [3.63, 3.8) is 0 Å². The Balaban J connectivity index is 2.01. The van der Waals surface area contributed by atoms with Crippen LogP contribution in [0.5, 0.6) is 5.75 Å². The first-order chi connectivity index (χ1) is 11.6. The third kappa shape index (κ3) is 4.59. The van der Waals surface area contributed by atoms with Crippen LogP contribution in [0.4, 0.5) is 0 Å². The molecule has 0 aromatic heterocycles. The van der Waals surface area contributed by atoms with Crippen molar-refractivity contribution >= 4 is 5.97 Å². The molecule has 0 aliphatic rings. The minimum absolute atomic E-state index is 0.339. The SMILES string of the molecule is CCO[C@](CC)(Cc1ccc(OCc2ccccc2)cc1)C(=O)O. The Morgan fingerprint density at radius 1 is 1.00 bits per heavy atom. The Kier molecular flexibility index (Phi) is 6.38. The van der Waals surface area contributed by atoms with E-state index in [0.29, 0.717) is 26.1 Å². The average molecular weight is 328 g/mol. The number of hydrogen-bond donors (Lipinski definition) is 1. The van der Waals surface area contributed by atoms with Crippen molar-refractivity contribution in [2.45, 2.75) is 38.9 Å². The molecule has 0 unspecified atom stereocenters. The Bertz CT molecular complexity index is 636. The summed E-state index contributed by atoms with van der Waals surface area (Å²) in [5.74, 6) is -0.160. The van der Waals surface area contributed by atoms with Gasteiger partial charge < -0.3 is 14.6 Å². The van der Waals surface area contributed by atoms with Crippen molar-refractivity contribution in [3.05, 3.63) is 65.7 Å². The maximum atomic E-state index is 11.6. The fourth-order valence-corrected chi connectivity index (χ4v) is 2.62. The molecule has 0 aliphatic heterocycles. The molecule has 2 rings (SSSR count). The first kappa shape index (κ1) is 18.0. The normalized spacial score (nSPS) is 13.2. The lowest BCUT2D eigenvalue weighted by molar-refractivity contribution is -0.166. The Labute approximate surface area is 143 Å². The molecule has 0 saturated carbocycles. The number of hydrogen-bond acceptors (Lipinski definition) is 3. The second-order valence-electron chi connectivity index (χ2n) is 5.68. The van der Waals surface area contributed by atoms with E-state index in [2.05, 4.69) is 0 Å². The van der Waals surface area contributed by atoms with Crippen LogP contribution in [0.25, 0.3) is 0 Å². The quantitative estimate of drug-likeness (QED) is 0.753. The molecule has 24 heavy (non-hydrogen) atoms. The number of rotatable bonds is 9. The molecule has 0 fully saturated rings. The van der Waals surface area contributed by atoms with Crippen molar-refractivity contribution in [3.8, 4) is 5.75 Å². The van der Waals surface area contributed by atoms with Gasteiger partial charge in [0.1, 0.15) is 12.4 Å². The molecule has 4 nitrogen and oxygen atoms in total. The third-order valence-electron chi connectivity index (χ3n) is 4.04. The van der Waals surface area contributed by atoms with Gasteiger partial charge in [-0.25, -0.2) is 4.79 Å². The van der Waals surface area contributed by atoms with Gasteiger partial charge in [0.05, 0.1) is 0 Å². The van der Waals surface area contributed by atoms with Gasteiger partial charge in [0.2, 0.25) is 0 Å². The van der Waals surface area contributed by atoms with Gasteiger partial charge in [0, 0.05) is 13.0 Å². The Morgan fingerprint density at radius 2 is 1.67 bits per heavy atom. The molecule has 0 spiro atoms. The highest BCUT2D eigenvalue weighted by Crippen LogP contribution is 2.24. The second kappa shape index (κ2) is 8.50. The second-order valence-corrected chi connectivity index (χ2v) is 5.68. The molecular formula is C20H24O4. The summed E-state index contributed by atoms with van der Waals surface area (Å²) in [6.45, 7) is 4.53. The number of aliphatic carboxylic acids is 1. The lowest BCUT2D eigenvalue weighted by Gasteiger charge is -2.28. The van der Waals surface area contributed by atoms with Crippen molar-refractivity contribution in [2.75, 3.05) is 6.61 Å². The van der Waals surface area contributed by atoms with E-state index in [0.717, 1.165) is 16.9 Å².